The Balaban J connectivity index is 1.62. The van der Waals surface area contributed by atoms with Crippen LogP contribution < -0.4 is 10.1 Å². The van der Waals surface area contributed by atoms with E-state index in [9.17, 15) is 4.79 Å². The molecule has 0 amide bonds. The molecule has 0 aliphatic carbocycles. The number of ether oxygens (including phenoxy) is 2. The van der Waals surface area contributed by atoms with Crippen molar-refractivity contribution >= 4 is 17.3 Å². The first-order valence-corrected chi connectivity index (χ1v) is 10.7. The van der Waals surface area contributed by atoms with E-state index in [-0.39, 0.29) is 5.97 Å². The Morgan fingerprint density at radius 3 is 2.34 bits per heavy atom. The van der Waals surface area contributed by atoms with Crippen LogP contribution >= 0.6 is 0 Å². The number of anilines is 2. The topological polar surface area (TPSA) is 47.6 Å². The highest BCUT2D eigenvalue weighted by molar-refractivity contribution is 5.97. The summed E-state index contributed by atoms with van der Waals surface area (Å²) in [6.45, 7) is 4.07. The van der Waals surface area contributed by atoms with Crippen LogP contribution in [0.3, 0.4) is 0 Å². The van der Waals surface area contributed by atoms with E-state index in [1.54, 1.807) is 0 Å². The standard InChI is InChI=1S/C28H21NO3/c1-17-12-13-22-25(14-17)31-26-15-18(2)24(29-19-8-4-3-5-9-19)16-23(26)28(22)21-11-7-6-10-20(21)27(30)32-28/h3-16,29H,1-2H3. The Kier molecular flexibility index (Phi) is 3.93. The predicted molar refractivity (Wildman–Crippen MR) is 124 cm³/mol. The minimum atomic E-state index is -1.05. The zero-order valence-corrected chi connectivity index (χ0v) is 17.8. The molecule has 156 valence electrons. The van der Waals surface area contributed by atoms with Crippen molar-refractivity contribution in [1.82, 2.24) is 0 Å². The normalized spacial score (nSPS) is 17.8. The van der Waals surface area contributed by atoms with Gasteiger partial charge >= 0.3 is 5.97 Å². The maximum Gasteiger partial charge on any atom is 0.340 e. The number of hydrogen-bond acceptors (Lipinski definition) is 4. The minimum Gasteiger partial charge on any atom is -0.456 e. The lowest BCUT2D eigenvalue weighted by molar-refractivity contribution is 0.0224. The number of nitrogens with one attached hydrogen (secondary N) is 1. The number of fused-ring (bicyclic) bond motifs is 6. The monoisotopic (exact) mass is 419 g/mol. The molecule has 6 rings (SSSR count). The Bertz CT molecular complexity index is 1390. The van der Waals surface area contributed by atoms with Crippen molar-refractivity contribution in [2.75, 3.05) is 5.32 Å². The second kappa shape index (κ2) is 6.72. The number of para-hydroxylation sites is 1. The number of esters is 1. The summed E-state index contributed by atoms with van der Waals surface area (Å²) in [4.78, 5) is 13.0. The van der Waals surface area contributed by atoms with E-state index in [2.05, 4.69) is 11.4 Å². The quantitative estimate of drug-likeness (QED) is 0.371. The SMILES string of the molecule is Cc1ccc2c(c1)Oc1cc(C)c(Nc3ccccc3)cc1C21OC(=O)c2ccccc21. The van der Waals surface area contributed by atoms with E-state index in [1.807, 2.05) is 92.7 Å². The molecule has 0 saturated carbocycles. The van der Waals surface area contributed by atoms with E-state index in [4.69, 9.17) is 9.47 Å². The van der Waals surface area contributed by atoms with Crippen molar-refractivity contribution in [3.63, 3.8) is 0 Å². The van der Waals surface area contributed by atoms with E-state index in [0.29, 0.717) is 17.1 Å². The summed E-state index contributed by atoms with van der Waals surface area (Å²) in [7, 11) is 0. The molecular formula is C28H21NO3. The lowest BCUT2D eigenvalue weighted by Gasteiger charge is -2.37. The number of carbonyl (C=O) groups is 1. The number of aryl methyl sites for hydroxylation is 2. The molecule has 1 unspecified atom stereocenters. The molecule has 0 saturated heterocycles. The molecule has 2 aliphatic rings. The smallest absolute Gasteiger partial charge is 0.340 e. The third kappa shape index (κ3) is 2.59. The van der Waals surface area contributed by atoms with Crippen LogP contribution in [0, 0.1) is 13.8 Å². The minimum absolute atomic E-state index is 0.321. The third-order valence-corrected chi connectivity index (χ3v) is 6.27. The summed E-state index contributed by atoms with van der Waals surface area (Å²) in [6.07, 6.45) is 0. The summed E-state index contributed by atoms with van der Waals surface area (Å²) in [5.74, 6) is 1.09. The maximum absolute atomic E-state index is 13.0. The molecule has 4 heteroatoms. The highest BCUT2D eigenvalue weighted by atomic mass is 16.6. The Hall–Kier alpha value is -4.05. The van der Waals surface area contributed by atoms with Gasteiger partial charge in [-0.25, -0.2) is 4.79 Å². The zero-order valence-electron chi connectivity index (χ0n) is 17.8. The molecular weight excluding hydrogens is 398 g/mol. The van der Waals surface area contributed by atoms with Crippen molar-refractivity contribution in [2.24, 2.45) is 0 Å². The molecule has 4 aromatic rings. The lowest BCUT2D eigenvalue weighted by atomic mass is 9.77. The van der Waals surface area contributed by atoms with Gasteiger partial charge in [-0.15, -0.1) is 0 Å². The summed E-state index contributed by atoms with van der Waals surface area (Å²) in [5.41, 5.74) is 6.08. The molecule has 4 nitrogen and oxygen atoms in total. The van der Waals surface area contributed by atoms with Crippen LogP contribution in [0.1, 0.15) is 38.2 Å². The molecule has 0 radical (unpaired) electrons. The Morgan fingerprint density at radius 1 is 0.750 bits per heavy atom. The van der Waals surface area contributed by atoms with Crippen LogP contribution in [0.2, 0.25) is 0 Å². The van der Waals surface area contributed by atoms with Crippen molar-refractivity contribution in [3.8, 4) is 11.5 Å². The Labute approximate surface area is 186 Å². The molecule has 0 fully saturated rings. The lowest BCUT2D eigenvalue weighted by Crippen LogP contribution is -2.33. The van der Waals surface area contributed by atoms with Gasteiger partial charge in [0.15, 0.2) is 5.60 Å². The first kappa shape index (κ1) is 18.7. The van der Waals surface area contributed by atoms with Gasteiger partial charge in [0.25, 0.3) is 0 Å². The van der Waals surface area contributed by atoms with Gasteiger partial charge in [-0.05, 0) is 61.4 Å². The molecule has 4 aromatic carbocycles. The first-order chi connectivity index (χ1) is 15.6. The number of rotatable bonds is 2. The highest BCUT2D eigenvalue weighted by Crippen LogP contribution is 2.57. The number of carbonyl (C=O) groups excluding carboxylic acids is 1. The van der Waals surface area contributed by atoms with Crippen molar-refractivity contribution < 1.29 is 14.3 Å². The molecule has 32 heavy (non-hydrogen) atoms. The number of benzene rings is 4. The molecule has 2 heterocycles. The molecule has 1 atom stereocenters. The Morgan fingerprint density at radius 2 is 1.50 bits per heavy atom. The predicted octanol–water partition coefficient (Wildman–Crippen LogP) is 6.62. The zero-order chi connectivity index (χ0) is 21.9. The summed E-state index contributed by atoms with van der Waals surface area (Å²) in [6, 6.07) is 27.7. The highest BCUT2D eigenvalue weighted by Gasteiger charge is 2.53. The summed E-state index contributed by atoms with van der Waals surface area (Å²) in [5, 5.41) is 3.50. The van der Waals surface area contributed by atoms with Gasteiger partial charge in [0.1, 0.15) is 11.5 Å². The molecule has 1 spiro atoms. The molecule has 1 N–H and O–H groups in total. The third-order valence-electron chi connectivity index (χ3n) is 6.27. The fraction of sp³-hybridized carbons (Fsp3) is 0.107. The fourth-order valence-corrected chi connectivity index (χ4v) is 4.74. The van der Waals surface area contributed by atoms with Gasteiger partial charge in [-0.1, -0.05) is 48.5 Å². The van der Waals surface area contributed by atoms with Gasteiger partial charge in [-0.2, -0.15) is 0 Å². The fourth-order valence-electron chi connectivity index (χ4n) is 4.74. The average molecular weight is 419 g/mol. The second-order valence-corrected chi connectivity index (χ2v) is 8.37. The van der Waals surface area contributed by atoms with Gasteiger partial charge in [0, 0.05) is 28.1 Å². The average Bonchev–Trinajstić information content (AvgIpc) is 3.09. The largest absolute Gasteiger partial charge is 0.456 e. The molecule has 0 aromatic heterocycles. The van der Waals surface area contributed by atoms with E-state index < -0.39 is 5.60 Å². The van der Waals surface area contributed by atoms with Gasteiger partial charge in [-0.3, -0.25) is 0 Å². The van der Waals surface area contributed by atoms with Gasteiger partial charge in [0.05, 0.1) is 5.56 Å². The van der Waals surface area contributed by atoms with Gasteiger partial charge < -0.3 is 14.8 Å². The van der Waals surface area contributed by atoms with Crippen LogP contribution in [0.25, 0.3) is 0 Å². The van der Waals surface area contributed by atoms with Crippen molar-refractivity contribution in [1.29, 1.82) is 0 Å². The molecule has 2 aliphatic heterocycles. The summed E-state index contributed by atoms with van der Waals surface area (Å²) >= 11 is 0. The van der Waals surface area contributed by atoms with E-state index in [0.717, 1.165) is 39.2 Å². The van der Waals surface area contributed by atoms with Crippen molar-refractivity contribution in [3.05, 3.63) is 118 Å². The van der Waals surface area contributed by atoms with E-state index in [1.165, 1.54) is 0 Å². The van der Waals surface area contributed by atoms with Crippen LogP contribution in [-0.2, 0) is 10.3 Å². The van der Waals surface area contributed by atoms with Crippen LogP contribution in [0.15, 0.2) is 84.9 Å². The first-order valence-electron chi connectivity index (χ1n) is 10.7. The maximum atomic E-state index is 13.0. The number of hydrogen-bond donors (Lipinski definition) is 1. The second-order valence-electron chi connectivity index (χ2n) is 8.37. The summed E-state index contributed by atoms with van der Waals surface area (Å²) < 4.78 is 12.6. The van der Waals surface area contributed by atoms with E-state index >= 15 is 0 Å². The van der Waals surface area contributed by atoms with Crippen LogP contribution in [0.5, 0.6) is 11.5 Å². The van der Waals surface area contributed by atoms with Crippen LogP contribution in [-0.4, -0.2) is 5.97 Å². The van der Waals surface area contributed by atoms with Crippen LogP contribution in [0.4, 0.5) is 11.4 Å². The van der Waals surface area contributed by atoms with Crippen molar-refractivity contribution in [2.45, 2.75) is 19.4 Å². The molecule has 0 bridgehead atoms. The van der Waals surface area contributed by atoms with Gasteiger partial charge in [0.2, 0.25) is 0 Å².